The van der Waals surface area contributed by atoms with Gasteiger partial charge in [-0.1, -0.05) is 17.7 Å². The normalized spacial score (nSPS) is 11.2. The van der Waals surface area contributed by atoms with E-state index in [-0.39, 0.29) is 23.5 Å². The molecule has 0 radical (unpaired) electrons. The number of phenolic OH excluding ortho intramolecular Hbond substituents is 3. The first-order valence-corrected chi connectivity index (χ1v) is 8.78. The predicted octanol–water partition coefficient (Wildman–Crippen LogP) is 0.820. The molecule has 0 aliphatic heterocycles. The lowest BCUT2D eigenvalue weighted by Gasteiger charge is -2.09. The van der Waals surface area contributed by atoms with Gasteiger partial charge in [0.15, 0.2) is 17.2 Å². The molecule has 0 aliphatic rings. The number of aromatic hydroxyl groups is 3. The Morgan fingerprint density at radius 3 is 2.12 bits per heavy atom. The highest BCUT2D eigenvalue weighted by molar-refractivity contribution is 7.89. The summed E-state index contributed by atoms with van der Waals surface area (Å²) in [6.45, 7) is 1.79. The molecule has 5 N–H and O–H groups in total. The highest BCUT2D eigenvalue weighted by Gasteiger charge is 2.15. The van der Waals surface area contributed by atoms with Crippen LogP contribution in [0.2, 0.25) is 0 Å². The van der Waals surface area contributed by atoms with Crippen molar-refractivity contribution < 1.29 is 28.5 Å². The van der Waals surface area contributed by atoms with E-state index in [1.54, 1.807) is 12.1 Å². The van der Waals surface area contributed by atoms with Crippen molar-refractivity contribution in [3.8, 4) is 17.2 Å². The number of amides is 1. The molecule has 2 aromatic rings. The van der Waals surface area contributed by atoms with E-state index in [0.29, 0.717) is 0 Å². The smallest absolute Gasteiger partial charge is 0.251 e. The number of rotatable bonds is 6. The number of hydrogen-bond donors (Lipinski definition) is 5. The lowest BCUT2D eigenvalue weighted by atomic mass is 10.1. The molecule has 9 heteroatoms. The van der Waals surface area contributed by atoms with Gasteiger partial charge >= 0.3 is 0 Å². The summed E-state index contributed by atoms with van der Waals surface area (Å²) in [7, 11) is -3.67. The second-order valence-electron chi connectivity index (χ2n) is 5.33. The van der Waals surface area contributed by atoms with Gasteiger partial charge in [-0.2, -0.15) is 0 Å². The molecule has 0 fully saturated rings. The number of sulfonamides is 1. The molecule has 0 bridgehead atoms. The molecule has 0 spiro atoms. The number of nitrogens with one attached hydrogen (secondary N) is 2. The third kappa shape index (κ3) is 4.61. The van der Waals surface area contributed by atoms with Gasteiger partial charge in [0.25, 0.3) is 5.91 Å². The quantitative estimate of drug-likeness (QED) is 0.379. The monoisotopic (exact) mass is 366 g/mol. The van der Waals surface area contributed by atoms with Gasteiger partial charge in [-0.3, -0.25) is 4.79 Å². The molecule has 0 saturated carbocycles. The fourth-order valence-electron chi connectivity index (χ4n) is 2.00. The molecule has 2 rings (SSSR count). The topological polar surface area (TPSA) is 136 Å². The van der Waals surface area contributed by atoms with Gasteiger partial charge in [0.05, 0.1) is 4.90 Å². The van der Waals surface area contributed by atoms with Gasteiger partial charge < -0.3 is 20.6 Å². The molecule has 0 heterocycles. The van der Waals surface area contributed by atoms with E-state index in [0.717, 1.165) is 17.7 Å². The molecular weight excluding hydrogens is 348 g/mol. The molecule has 0 aromatic heterocycles. The molecule has 2 aromatic carbocycles. The predicted molar refractivity (Wildman–Crippen MR) is 90.1 cm³/mol. The van der Waals surface area contributed by atoms with Gasteiger partial charge in [0, 0.05) is 18.7 Å². The summed E-state index contributed by atoms with van der Waals surface area (Å²) < 4.78 is 26.5. The van der Waals surface area contributed by atoms with Crippen LogP contribution in [0.25, 0.3) is 0 Å². The zero-order valence-corrected chi connectivity index (χ0v) is 14.2. The van der Waals surface area contributed by atoms with Crippen LogP contribution in [-0.2, 0) is 10.0 Å². The van der Waals surface area contributed by atoms with Crippen LogP contribution in [0.5, 0.6) is 17.2 Å². The Kier molecular flexibility index (Phi) is 5.50. The van der Waals surface area contributed by atoms with Gasteiger partial charge in [0.2, 0.25) is 10.0 Å². The van der Waals surface area contributed by atoms with E-state index in [2.05, 4.69) is 10.0 Å². The summed E-state index contributed by atoms with van der Waals surface area (Å²) >= 11 is 0. The number of carbonyl (C=O) groups excluding carboxylic acids is 1. The Balaban J connectivity index is 1.90. The second-order valence-corrected chi connectivity index (χ2v) is 7.10. The fourth-order valence-corrected chi connectivity index (χ4v) is 3.03. The molecule has 25 heavy (non-hydrogen) atoms. The summed E-state index contributed by atoms with van der Waals surface area (Å²) in [6, 6.07) is 8.30. The van der Waals surface area contributed by atoms with Crippen molar-refractivity contribution in [2.75, 3.05) is 13.1 Å². The maximum absolute atomic E-state index is 12.1. The summed E-state index contributed by atoms with van der Waals surface area (Å²) in [5.41, 5.74) is 0.862. The van der Waals surface area contributed by atoms with Crippen molar-refractivity contribution >= 4 is 15.9 Å². The largest absolute Gasteiger partial charge is 0.504 e. The van der Waals surface area contributed by atoms with Crippen LogP contribution < -0.4 is 10.0 Å². The molecule has 8 nitrogen and oxygen atoms in total. The third-order valence-corrected chi connectivity index (χ3v) is 4.84. The van der Waals surface area contributed by atoms with E-state index in [1.165, 1.54) is 12.1 Å². The van der Waals surface area contributed by atoms with E-state index >= 15 is 0 Å². The maximum Gasteiger partial charge on any atom is 0.251 e. The van der Waals surface area contributed by atoms with E-state index in [4.69, 9.17) is 0 Å². The number of hydrogen-bond acceptors (Lipinski definition) is 6. The number of carbonyl (C=O) groups is 1. The van der Waals surface area contributed by atoms with E-state index in [9.17, 15) is 28.5 Å². The zero-order chi connectivity index (χ0) is 18.6. The Morgan fingerprint density at radius 2 is 1.56 bits per heavy atom. The van der Waals surface area contributed by atoms with Crippen LogP contribution >= 0.6 is 0 Å². The minimum absolute atomic E-state index is 0.00761. The first-order valence-electron chi connectivity index (χ1n) is 7.30. The van der Waals surface area contributed by atoms with Crippen LogP contribution in [0.3, 0.4) is 0 Å². The molecule has 0 aliphatic carbocycles. The molecule has 0 saturated heterocycles. The van der Waals surface area contributed by atoms with Crippen molar-refractivity contribution in [3.05, 3.63) is 47.5 Å². The SMILES string of the molecule is Cc1ccc(S(=O)(=O)NCCNC(=O)c2cc(O)c(O)c(O)c2)cc1. The van der Waals surface area contributed by atoms with Gasteiger partial charge in [-0.25, -0.2) is 13.1 Å². The lowest BCUT2D eigenvalue weighted by molar-refractivity contribution is 0.0953. The lowest BCUT2D eigenvalue weighted by Crippen LogP contribution is -2.34. The number of aryl methyl sites for hydroxylation is 1. The average Bonchev–Trinajstić information content (AvgIpc) is 2.56. The second kappa shape index (κ2) is 7.41. The Labute approximate surface area is 144 Å². The molecule has 0 unspecified atom stereocenters. The Bertz CT molecular complexity index is 855. The molecule has 1 amide bonds. The van der Waals surface area contributed by atoms with Crippen LogP contribution in [-0.4, -0.2) is 42.7 Å². The minimum atomic E-state index is -3.67. The number of phenols is 3. The average molecular weight is 366 g/mol. The maximum atomic E-state index is 12.1. The highest BCUT2D eigenvalue weighted by atomic mass is 32.2. The highest BCUT2D eigenvalue weighted by Crippen LogP contribution is 2.35. The van der Waals surface area contributed by atoms with Crippen LogP contribution in [0, 0.1) is 6.92 Å². The van der Waals surface area contributed by atoms with Crippen molar-refractivity contribution in [1.82, 2.24) is 10.0 Å². The van der Waals surface area contributed by atoms with Crippen molar-refractivity contribution in [2.24, 2.45) is 0 Å². The van der Waals surface area contributed by atoms with Crippen molar-refractivity contribution in [3.63, 3.8) is 0 Å². The van der Waals surface area contributed by atoms with Crippen LogP contribution in [0.4, 0.5) is 0 Å². The van der Waals surface area contributed by atoms with E-state index < -0.39 is 33.2 Å². The van der Waals surface area contributed by atoms with Crippen LogP contribution in [0.1, 0.15) is 15.9 Å². The van der Waals surface area contributed by atoms with Gasteiger partial charge in [-0.05, 0) is 31.2 Å². The Hall–Kier alpha value is -2.78. The summed E-state index contributed by atoms with van der Waals surface area (Å²) in [5, 5.41) is 30.4. The molecule has 0 atom stereocenters. The minimum Gasteiger partial charge on any atom is -0.504 e. The van der Waals surface area contributed by atoms with Crippen molar-refractivity contribution in [2.45, 2.75) is 11.8 Å². The number of benzene rings is 2. The van der Waals surface area contributed by atoms with Crippen LogP contribution in [0.15, 0.2) is 41.3 Å². The first-order chi connectivity index (χ1) is 11.7. The summed E-state index contributed by atoms with van der Waals surface area (Å²) in [4.78, 5) is 12.0. The zero-order valence-electron chi connectivity index (χ0n) is 13.4. The Morgan fingerprint density at radius 1 is 1.00 bits per heavy atom. The van der Waals surface area contributed by atoms with E-state index in [1.807, 2.05) is 6.92 Å². The first kappa shape index (κ1) is 18.6. The standard InChI is InChI=1S/C16H18N2O6S/c1-10-2-4-12(5-3-10)25(23,24)18-7-6-17-16(22)11-8-13(19)15(21)14(20)9-11/h2-5,8-9,18-21H,6-7H2,1H3,(H,17,22). The van der Waals surface area contributed by atoms with Gasteiger partial charge in [0.1, 0.15) is 0 Å². The molecular formula is C16H18N2O6S. The summed E-state index contributed by atoms with van der Waals surface area (Å²) in [5.74, 6) is -2.63. The fraction of sp³-hybridized carbons (Fsp3) is 0.188. The molecule has 134 valence electrons. The third-order valence-electron chi connectivity index (χ3n) is 3.37. The van der Waals surface area contributed by atoms with Crippen molar-refractivity contribution in [1.29, 1.82) is 0 Å². The summed E-state index contributed by atoms with van der Waals surface area (Å²) in [6.07, 6.45) is 0. The van der Waals surface area contributed by atoms with Gasteiger partial charge in [-0.15, -0.1) is 0 Å².